The van der Waals surface area contributed by atoms with Crippen molar-refractivity contribution in [3.8, 4) is 5.75 Å². The molecular weight excluding hydrogens is 350 g/mol. The fourth-order valence-corrected chi connectivity index (χ4v) is 3.16. The standard InChI is InChI=1S/C20H23NO4S/c1-5-25-20(23)15-6-11-18(13(2)12-15)21-19(22)14(3)26-17-9-7-16(24-4)8-10-17/h6-12,14H,5H2,1-4H3,(H,21,22). The van der Waals surface area contributed by atoms with Crippen LogP contribution in [0, 0.1) is 6.92 Å². The minimum Gasteiger partial charge on any atom is -0.497 e. The molecule has 0 aliphatic rings. The highest BCUT2D eigenvalue weighted by atomic mass is 32.2. The van der Waals surface area contributed by atoms with Crippen molar-refractivity contribution in [1.82, 2.24) is 0 Å². The van der Waals surface area contributed by atoms with E-state index >= 15 is 0 Å². The van der Waals surface area contributed by atoms with Crippen LogP contribution in [0.1, 0.15) is 29.8 Å². The highest BCUT2D eigenvalue weighted by Crippen LogP contribution is 2.26. The fourth-order valence-electron chi connectivity index (χ4n) is 2.29. The van der Waals surface area contributed by atoms with Gasteiger partial charge in [0.15, 0.2) is 0 Å². The minimum absolute atomic E-state index is 0.0993. The van der Waals surface area contributed by atoms with Crippen LogP contribution in [0.4, 0.5) is 5.69 Å². The van der Waals surface area contributed by atoms with E-state index < -0.39 is 0 Å². The second-order valence-corrected chi connectivity index (χ2v) is 7.09. The van der Waals surface area contributed by atoms with Gasteiger partial charge in [0.05, 0.1) is 24.5 Å². The third kappa shape index (κ3) is 5.26. The number of methoxy groups -OCH3 is 1. The van der Waals surface area contributed by atoms with Crippen molar-refractivity contribution >= 4 is 29.3 Å². The number of benzene rings is 2. The Morgan fingerprint density at radius 3 is 2.42 bits per heavy atom. The van der Waals surface area contributed by atoms with Crippen LogP contribution < -0.4 is 10.1 Å². The van der Waals surface area contributed by atoms with Crippen molar-refractivity contribution in [2.24, 2.45) is 0 Å². The Labute approximate surface area is 158 Å². The quantitative estimate of drug-likeness (QED) is 0.579. The van der Waals surface area contributed by atoms with Gasteiger partial charge in [-0.1, -0.05) is 0 Å². The third-order valence-electron chi connectivity index (χ3n) is 3.74. The summed E-state index contributed by atoms with van der Waals surface area (Å²) in [4.78, 5) is 25.2. The van der Waals surface area contributed by atoms with Crippen LogP contribution in [0.25, 0.3) is 0 Å². The lowest BCUT2D eigenvalue weighted by atomic mass is 10.1. The van der Waals surface area contributed by atoms with Crippen LogP contribution in [-0.2, 0) is 9.53 Å². The maximum absolute atomic E-state index is 12.5. The molecule has 2 aromatic rings. The zero-order valence-corrected chi connectivity index (χ0v) is 16.2. The van der Waals surface area contributed by atoms with Crippen molar-refractivity contribution in [2.45, 2.75) is 30.9 Å². The molecule has 0 aromatic heterocycles. The largest absolute Gasteiger partial charge is 0.497 e. The highest BCUT2D eigenvalue weighted by Gasteiger charge is 2.16. The predicted octanol–water partition coefficient (Wildman–Crippen LogP) is 4.30. The molecule has 0 spiro atoms. The first-order valence-corrected chi connectivity index (χ1v) is 9.22. The van der Waals surface area contributed by atoms with E-state index in [-0.39, 0.29) is 17.1 Å². The lowest BCUT2D eigenvalue weighted by molar-refractivity contribution is -0.115. The van der Waals surface area contributed by atoms with E-state index in [0.29, 0.717) is 17.9 Å². The SMILES string of the molecule is CCOC(=O)c1ccc(NC(=O)C(C)Sc2ccc(OC)cc2)c(C)c1. The molecule has 0 bridgehead atoms. The summed E-state index contributed by atoms with van der Waals surface area (Å²) in [6.07, 6.45) is 0. The number of aryl methyl sites for hydroxylation is 1. The molecule has 1 amide bonds. The Hall–Kier alpha value is -2.47. The number of anilines is 1. The topological polar surface area (TPSA) is 64.6 Å². The van der Waals surface area contributed by atoms with Crippen molar-refractivity contribution in [1.29, 1.82) is 0 Å². The zero-order valence-electron chi connectivity index (χ0n) is 15.4. The molecule has 138 valence electrons. The van der Waals surface area contributed by atoms with Gasteiger partial charge in [-0.05, 0) is 68.8 Å². The van der Waals surface area contributed by atoms with Gasteiger partial charge in [0.2, 0.25) is 5.91 Å². The molecule has 0 aliphatic carbocycles. The van der Waals surface area contributed by atoms with Gasteiger partial charge in [0.25, 0.3) is 0 Å². The van der Waals surface area contributed by atoms with E-state index in [9.17, 15) is 9.59 Å². The lowest BCUT2D eigenvalue weighted by Crippen LogP contribution is -2.23. The number of hydrogen-bond acceptors (Lipinski definition) is 5. The summed E-state index contributed by atoms with van der Waals surface area (Å²) in [7, 11) is 1.62. The number of hydrogen-bond donors (Lipinski definition) is 1. The van der Waals surface area contributed by atoms with Gasteiger partial charge in [0, 0.05) is 10.6 Å². The Morgan fingerprint density at radius 1 is 1.15 bits per heavy atom. The normalized spacial score (nSPS) is 11.5. The number of amides is 1. The van der Waals surface area contributed by atoms with Crippen LogP contribution in [0.2, 0.25) is 0 Å². The average Bonchev–Trinajstić information content (AvgIpc) is 2.64. The van der Waals surface area contributed by atoms with E-state index in [2.05, 4.69) is 5.32 Å². The van der Waals surface area contributed by atoms with Gasteiger partial charge in [-0.15, -0.1) is 11.8 Å². The Bertz CT molecular complexity index is 774. The van der Waals surface area contributed by atoms with Crippen LogP contribution in [-0.4, -0.2) is 30.8 Å². The first kappa shape index (κ1) is 19.8. The van der Waals surface area contributed by atoms with Gasteiger partial charge in [0.1, 0.15) is 5.75 Å². The van der Waals surface area contributed by atoms with Gasteiger partial charge < -0.3 is 14.8 Å². The van der Waals surface area contributed by atoms with Gasteiger partial charge >= 0.3 is 5.97 Å². The third-order valence-corrected chi connectivity index (χ3v) is 4.85. The van der Waals surface area contributed by atoms with Crippen LogP contribution in [0.5, 0.6) is 5.75 Å². The molecule has 0 saturated carbocycles. The second kappa shape index (κ2) is 9.29. The first-order valence-electron chi connectivity index (χ1n) is 8.34. The molecule has 1 atom stereocenters. The molecule has 1 unspecified atom stereocenters. The molecule has 0 fully saturated rings. The molecule has 0 heterocycles. The monoisotopic (exact) mass is 373 g/mol. The highest BCUT2D eigenvalue weighted by molar-refractivity contribution is 8.00. The summed E-state index contributed by atoms with van der Waals surface area (Å²) in [6, 6.07) is 12.7. The minimum atomic E-state index is -0.364. The van der Waals surface area contributed by atoms with Gasteiger partial charge in [-0.3, -0.25) is 4.79 Å². The molecule has 6 heteroatoms. The van der Waals surface area contributed by atoms with Crippen LogP contribution in [0.15, 0.2) is 47.4 Å². The molecule has 26 heavy (non-hydrogen) atoms. The Balaban J connectivity index is 2.00. The number of esters is 1. The molecular formula is C20H23NO4S. The van der Waals surface area contributed by atoms with Crippen LogP contribution in [0.3, 0.4) is 0 Å². The van der Waals surface area contributed by atoms with Gasteiger partial charge in [-0.2, -0.15) is 0 Å². The molecule has 0 saturated heterocycles. The summed E-state index contributed by atoms with van der Waals surface area (Å²) in [5, 5.41) is 2.64. The Kier molecular flexibility index (Phi) is 7.09. The van der Waals surface area contributed by atoms with Crippen molar-refractivity contribution in [3.63, 3.8) is 0 Å². The molecule has 2 rings (SSSR count). The van der Waals surface area contributed by atoms with E-state index in [1.165, 1.54) is 11.8 Å². The van der Waals surface area contributed by atoms with E-state index in [4.69, 9.17) is 9.47 Å². The summed E-state index contributed by atoms with van der Waals surface area (Å²) >= 11 is 1.47. The number of carbonyl (C=O) groups is 2. The summed E-state index contributed by atoms with van der Waals surface area (Å²) in [6.45, 7) is 5.80. The number of rotatable bonds is 7. The number of nitrogens with one attached hydrogen (secondary N) is 1. The summed E-state index contributed by atoms with van der Waals surface area (Å²) in [5.74, 6) is 0.318. The molecule has 2 aromatic carbocycles. The van der Waals surface area contributed by atoms with E-state index in [1.54, 1.807) is 32.2 Å². The lowest BCUT2D eigenvalue weighted by Gasteiger charge is -2.14. The number of carbonyl (C=O) groups excluding carboxylic acids is 2. The molecule has 1 N–H and O–H groups in total. The predicted molar refractivity (Wildman–Crippen MR) is 104 cm³/mol. The zero-order chi connectivity index (χ0) is 19.1. The van der Waals surface area contributed by atoms with E-state index in [0.717, 1.165) is 16.2 Å². The molecule has 0 radical (unpaired) electrons. The van der Waals surface area contributed by atoms with Crippen molar-refractivity contribution < 1.29 is 19.1 Å². The number of ether oxygens (including phenoxy) is 2. The smallest absolute Gasteiger partial charge is 0.338 e. The van der Waals surface area contributed by atoms with Crippen molar-refractivity contribution in [3.05, 3.63) is 53.6 Å². The van der Waals surface area contributed by atoms with E-state index in [1.807, 2.05) is 38.1 Å². The van der Waals surface area contributed by atoms with Crippen molar-refractivity contribution in [2.75, 3.05) is 19.0 Å². The summed E-state index contributed by atoms with van der Waals surface area (Å²) < 4.78 is 10.1. The maximum atomic E-state index is 12.5. The molecule has 0 aliphatic heterocycles. The first-order chi connectivity index (χ1) is 12.4. The number of thioether (sulfide) groups is 1. The fraction of sp³-hybridized carbons (Fsp3) is 0.300. The molecule has 5 nitrogen and oxygen atoms in total. The Morgan fingerprint density at radius 2 is 1.85 bits per heavy atom. The van der Waals surface area contributed by atoms with Crippen LogP contribution >= 0.6 is 11.8 Å². The average molecular weight is 373 g/mol. The maximum Gasteiger partial charge on any atom is 0.338 e. The van der Waals surface area contributed by atoms with Gasteiger partial charge in [-0.25, -0.2) is 4.79 Å². The second-order valence-electron chi connectivity index (χ2n) is 5.68. The summed E-state index contributed by atoms with van der Waals surface area (Å²) in [5.41, 5.74) is 1.97.